The van der Waals surface area contributed by atoms with Gasteiger partial charge in [0.1, 0.15) is 0 Å². The van der Waals surface area contributed by atoms with Crippen molar-refractivity contribution in [1.29, 1.82) is 0 Å². The topological polar surface area (TPSA) is 160 Å². The molecule has 0 spiro atoms. The fourth-order valence-corrected chi connectivity index (χ4v) is 1.55. The molecule has 0 saturated heterocycles. The van der Waals surface area contributed by atoms with Gasteiger partial charge in [0, 0.05) is 52.4 Å². The summed E-state index contributed by atoms with van der Waals surface area (Å²) in [5, 5.41) is 12.3. The molecule has 0 aliphatic carbocycles. The number of primary amides is 1. The molecule has 0 aliphatic rings. The SMILES string of the molecule is NCCNCCNCCNCCNC(=O)[C@@H](N)CC(N)=O. The molecule has 0 fully saturated rings. The third-order valence-electron chi connectivity index (χ3n) is 2.64. The van der Waals surface area contributed by atoms with Gasteiger partial charge < -0.3 is 38.5 Å². The Kier molecular flexibility index (Phi) is 12.9. The van der Waals surface area contributed by atoms with Crippen LogP contribution in [-0.4, -0.2) is 70.2 Å². The van der Waals surface area contributed by atoms with Gasteiger partial charge in [-0.1, -0.05) is 0 Å². The van der Waals surface area contributed by atoms with Crippen LogP contribution in [0.5, 0.6) is 0 Å². The van der Waals surface area contributed by atoms with Crippen LogP contribution in [0.2, 0.25) is 0 Å². The van der Waals surface area contributed by atoms with E-state index in [1.54, 1.807) is 0 Å². The standard InChI is InChI=1S/C12H29N7O2/c13-1-2-16-3-4-17-5-6-18-7-8-19-12(21)10(14)9-11(15)20/h10,16-18H,1-9,13-14H2,(H2,15,20)(H,19,21)/t10-/m0/s1. The zero-order valence-corrected chi connectivity index (χ0v) is 12.5. The van der Waals surface area contributed by atoms with Gasteiger partial charge in [-0.05, 0) is 0 Å². The molecule has 0 aliphatic heterocycles. The van der Waals surface area contributed by atoms with Crippen molar-refractivity contribution < 1.29 is 9.59 Å². The molecule has 0 saturated carbocycles. The fourth-order valence-electron chi connectivity index (χ4n) is 1.55. The molecule has 1 atom stereocenters. The van der Waals surface area contributed by atoms with Gasteiger partial charge in [0.05, 0.1) is 12.5 Å². The summed E-state index contributed by atoms with van der Waals surface area (Å²) in [4.78, 5) is 22.0. The normalized spacial score (nSPS) is 12.1. The summed E-state index contributed by atoms with van der Waals surface area (Å²) >= 11 is 0. The Labute approximate surface area is 125 Å². The maximum atomic E-state index is 11.4. The van der Waals surface area contributed by atoms with E-state index in [-0.39, 0.29) is 12.3 Å². The molecule has 0 rings (SSSR count). The van der Waals surface area contributed by atoms with Crippen molar-refractivity contribution in [1.82, 2.24) is 21.3 Å². The molecule has 21 heavy (non-hydrogen) atoms. The van der Waals surface area contributed by atoms with Gasteiger partial charge in [0.15, 0.2) is 0 Å². The molecule has 0 heterocycles. The molecule has 124 valence electrons. The van der Waals surface area contributed by atoms with Crippen LogP contribution in [-0.2, 0) is 9.59 Å². The van der Waals surface area contributed by atoms with Gasteiger partial charge in [-0.15, -0.1) is 0 Å². The first-order valence-corrected chi connectivity index (χ1v) is 7.21. The van der Waals surface area contributed by atoms with Crippen LogP contribution in [0.25, 0.3) is 0 Å². The quantitative estimate of drug-likeness (QED) is 0.161. The Balaban J connectivity index is 3.28. The average Bonchev–Trinajstić information content (AvgIpc) is 2.43. The zero-order valence-electron chi connectivity index (χ0n) is 12.5. The summed E-state index contributed by atoms with van der Waals surface area (Å²) in [5.41, 5.74) is 15.8. The molecular weight excluding hydrogens is 274 g/mol. The third kappa shape index (κ3) is 13.5. The Morgan fingerprint density at radius 1 is 0.857 bits per heavy atom. The number of carbonyl (C=O) groups is 2. The van der Waals surface area contributed by atoms with Gasteiger partial charge in [-0.2, -0.15) is 0 Å². The highest BCUT2D eigenvalue weighted by Gasteiger charge is 2.14. The molecule has 0 unspecified atom stereocenters. The van der Waals surface area contributed by atoms with Gasteiger partial charge in [-0.25, -0.2) is 0 Å². The lowest BCUT2D eigenvalue weighted by molar-refractivity contribution is -0.126. The minimum atomic E-state index is -0.870. The van der Waals surface area contributed by atoms with E-state index < -0.39 is 11.9 Å². The lowest BCUT2D eigenvalue weighted by atomic mass is 10.2. The molecule has 0 bridgehead atoms. The van der Waals surface area contributed by atoms with E-state index in [9.17, 15) is 9.59 Å². The number of hydrogen-bond acceptors (Lipinski definition) is 7. The van der Waals surface area contributed by atoms with E-state index in [0.717, 1.165) is 32.7 Å². The van der Waals surface area contributed by atoms with Gasteiger partial charge in [-0.3, -0.25) is 9.59 Å². The van der Waals surface area contributed by atoms with Crippen LogP contribution >= 0.6 is 0 Å². The molecule has 9 heteroatoms. The minimum absolute atomic E-state index is 0.138. The smallest absolute Gasteiger partial charge is 0.237 e. The van der Waals surface area contributed by atoms with Gasteiger partial charge >= 0.3 is 0 Å². The fraction of sp³-hybridized carbons (Fsp3) is 0.833. The summed E-state index contributed by atoms with van der Waals surface area (Å²) in [7, 11) is 0. The molecule has 0 aromatic heterocycles. The van der Waals surface area contributed by atoms with E-state index in [4.69, 9.17) is 17.2 Å². The highest BCUT2D eigenvalue weighted by Crippen LogP contribution is 1.85. The second-order valence-corrected chi connectivity index (χ2v) is 4.61. The van der Waals surface area contributed by atoms with Crippen molar-refractivity contribution in [2.75, 3.05) is 52.4 Å². The van der Waals surface area contributed by atoms with E-state index in [1.165, 1.54) is 0 Å². The number of nitrogens with two attached hydrogens (primary N) is 3. The molecule has 10 N–H and O–H groups in total. The Bertz CT molecular complexity index is 289. The van der Waals surface area contributed by atoms with E-state index in [2.05, 4.69) is 21.3 Å². The van der Waals surface area contributed by atoms with Crippen LogP contribution in [0.3, 0.4) is 0 Å². The highest BCUT2D eigenvalue weighted by atomic mass is 16.2. The minimum Gasteiger partial charge on any atom is -0.370 e. The predicted octanol–water partition coefficient (Wildman–Crippen LogP) is -3.97. The number of rotatable bonds is 14. The molecule has 2 amide bonds. The second-order valence-electron chi connectivity index (χ2n) is 4.61. The molecule has 0 radical (unpaired) electrons. The average molecular weight is 303 g/mol. The van der Waals surface area contributed by atoms with Crippen molar-refractivity contribution in [3.05, 3.63) is 0 Å². The molecule has 0 aromatic rings. The monoisotopic (exact) mass is 303 g/mol. The van der Waals surface area contributed by atoms with Gasteiger partial charge in [0.25, 0.3) is 0 Å². The van der Waals surface area contributed by atoms with Crippen LogP contribution in [0, 0.1) is 0 Å². The predicted molar refractivity (Wildman–Crippen MR) is 82.5 cm³/mol. The Hall–Kier alpha value is -1.26. The van der Waals surface area contributed by atoms with Gasteiger partial charge in [0.2, 0.25) is 11.8 Å². The summed E-state index contributed by atoms with van der Waals surface area (Å²) < 4.78 is 0. The third-order valence-corrected chi connectivity index (χ3v) is 2.64. The first-order chi connectivity index (χ1) is 10.1. The highest BCUT2D eigenvalue weighted by molar-refractivity contribution is 5.87. The first-order valence-electron chi connectivity index (χ1n) is 7.21. The lowest BCUT2D eigenvalue weighted by Crippen LogP contribution is -2.45. The van der Waals surface area contributed by atoms with Crippen molar-refractivity contribution >= 4 is 11.8 Å². The Morgan fingerprint density at radius 2 is 1.33 bits per heavy atom. The molecule has 9 nitrogen and oxygen atoms in total. The number of carbonyl (C=O) groups excluding carboxylic acids is 2. The second kappa shape index (κ2) is 13.7. The van der Waals surface area contributed by atoms with E-state index in [0.29, 0.717) is 19.6 Å². The summed E-state index contributed by atoms with van der Waals surface area (Å²) in [6, 6.07) is -0.870. The Morgan fingerprint density at radius 3 is 1.81 bits per heavy atom. The summed E-state index contributed by atoms with van der Waals surface area (Å²) in [6.45, 7) is 6.02. The van der Waals surface area contributed by atoms with Crippen LogP contribution in [0.15, 0.2) is 0 Å². The van der Waals surface area contributed by atoms with Crippen LogP contribution in [0.4, 0.5) is 0 Å². The molecular formula is C12H29N7O2. The number of nitrogens with one attached hydrogen (secondary N) is 4. The lowest BCUT2D eigenvalue weighted by Gasteiger charge is -2.11. The van der Waals surface area contributed by atoms with E-state index >= 15 is 0 Å². The van der Waals surface area contributed by atoms with Crippen molar-refractivity contribution in [2.45, 2.75) is 12.5 Å². The summed E-state index contributed by atoms with van der Waals surface area (Å²) in [6.07, 6.45) is -0.138. The van der Waals surface area contributed by atoms with Crippen molar-refractivity contribution in [2.24, 2.45) is 17.2 Å². The van der Waals surface area contributed by atoms with Crippen molar-refractivity contribution in [3.8, 4) is 0 Å². The van der Waals surface area contributed by atoms with Crippen LogP contribution in [0.1, 0.15) is 6.42 Å². The summed E-state index contributed by atoms with van der Waals surface area (Å²) in [5.74, 6) is -0.942. The first kappa shape index (κ1) is 19.7. The van der Waals surface area contributed by atoms with Crippen LogP contribution < -0.4 is 38.5 Å². The maximum Gasteiger partial charge on any atom is 0.237 e. The number of hydrogen-bond donors (Lipinski definition) is 7. The largest absolute Gasteiger partial charge is 0.370 e. The van der Waals surface area contributed by atoms with E-state index in [1.807, 2.05) is 0 Å². The maximum absolute atomic E-state index is 11.4. The zero-order chi connectivity index (χ0) is 15.9. The number of amides is 2. The van der Waals surface area contributed by atoms with Crippen molar-refractivity contribution in [3.63, 3.8) is 0 Å². The molecule has 0 aromatic carbocycles.